The molecule has 0 radical (unpaired) electrons. The minimum atomic E-state index is -3.32. The molecule has 1 aliphatic rings. The Kier molecular flexibility index (Phi) is 6.00. The van der Waals surface area contributed by atoms with Crippen LogP contribution >= 0.6 is 12.4 Å². The quantitative estimate of drug-likeness (QED) is 0.778. The van der Waals surface area contributed by atoms with Gasteiger partial charge >= 0.3 is 0 Å². The summed E-state index contributed by atoms with van der Waals surface area (Å²) in [4.78, 5) is 12.1. The van der Waals surface area contributed by atoms with E-state index >= 15 is 0 Å². The van der Waals surface area contributed by atoms with Crippen LogP contribution in [0.25, 0.3) is 0 Å². The van der Waals surface area contributed by atoms with Crippen LogP contribution in [0.3, 0.4) is 0 Å². The Bertz CT molecular complexity index is 606. The number of rotatable bonds is 4. The van der Waals surface area contributed by atoms with Gasteiger partial charge in [0.2, 0.25) is 15.9 Å². The van der Waals surface area contributed by atoms with Crippen molar-refractivity contribution in [1.29, 1.82) is 0 Å². The molecule has 0 heterocycles. The van der Waals surface area contributed by atoms with Crippen LogP contribution < -0.4 is 15.8 Å². The number of hydrogen-bond donors (Lipinski definition) is 3. The van der Waals surface area contributed by atoms with Gasteiger partial charge in [0, 0.05) is 17.6 Å². The monoisotopic (exact) mass is 333 g/mol. The van der Waals surface area contributed by atoms with Crippen LogP contribution in [0, 0.1) is 5.92 Å². The number of carbonyl (C=O) groups is 1. The first-order chi connectivity index (χ1) is 9.33. The summed E-state index contributed by atoms with van der Waals surface area (Å²) >= 11 is 0. The van der Waals surface area contributed by atoms with Gasteiger partial charge in [0.1, 0.15) is 0 Å². The van der Waals surface area contributed by atoms with Crippen molar-refractivity contribution >= 4 is 39.7 Å². The summed E-state index contributed by atoms with van der Waals surface area (Å²) in [5, 5.41) is 2.80. The molecule has 118 valence electrons. The molecule has 0 aromatic heterocycles. The van der Waals surface area contributed by atoms with Crippen molar-refractivity contribution in [2.24, 2.45) is 11.7 Å². The number of sulfonamides is 1. The predicted octanol–water partition coefficient (Wildman–Crippen LogP) is 1.55. The van der Waals surface area contributed by atoms with E-state index < -0.39 is 10.0 Å². The maximum absolute atomic E-state index is 12.1. The molecule has 1 aromatic rings. The molecule has 0 spiro atoms. The Labute approximate surface area is 130 Å². The molecule has 1 saturated carbocycles. The van der Waals surface area contributed by atoms with E-state index in [4.69, 9.17) is 5.73 Å². The van der Waals surface area contributed by atoms with Crippen molar-refractivity contribution in [2.75, 3.05) is 16.3 Å². The fourth-order valence-electron chi connectivity index (χ4n) is 2.37. The van der Waals surface area contributed by atoms with Crippen LogP contribution in [-0.4, -0.2) is 26.6 Å². The summed E-state index contributed by atoms with van der Waals surface area (Å²) in [6.07, 6.45) is 3.45. The van der Waals surface area contributed by atoms with Crippen LogP contribution in [0.15, 0.2) is 24.3 Å². The van der Waals surface area contributed by atoms with E-state index in [0.29, 0.717) is 17.8 Å². The van der Waals surface area contributed by atoms with E-state index in [2.05, 4.69) is 10.0 Å². The maximum atomic E-state index is 12.1. The third kappa shape index (κ3) is 5.53. The molecule has 8 heteroatoms. The number of nitrogens with one attached hydrogen (secondary N) is 2. The predicted molar refractivity (Wildman–Crippen MR) is 86.1 cm³/mol. The van der Waals surface area contributed by atoms with Crippen molar-refractivity contribution in [3.05, 3.63) is 24.3 Å². The van der Waals surface area contributed by atoms with Crippen LogP contribution in [0.5, 0.6) is 0 Å². The molecule has 21 heavy (non-hydrogen) atoms. The highest BCUT2D eigenvalue weighted by atomic mass is 35.5. The summed E-state index contributed by atoms with van der Waals surface area (Å²) in [5.41, 5.74) is 6.79. The lowest BCUT2D eigenvalue weighted by Gasteiger charge is -2.12. The van der Waals surface area contributed by atoms with E-state index in [1.54, 1.807) is 24.3 Å². The third-order valence-electron chi connectivity index (χ3n) is 3.28. The second-order valence-electron chi connectivity index (χ2n) is 5.21. The van der Waals surface area contributed by atoms with Gasteiger partial charge in [-0.2, -0.15) is 0 Å². The molecule has 0 saturated heterocycles. The lowest BCUT2D eigenvalue weighted by atomic mass is 10.1. The molecule has 1 aliphatic carbocycles. The number of carbonyl (C=O) groups excluding carboxylic acids is 1. The van der Waals surface area contributed by atoms with E-state index in [1.165, 1.54) is 0 Å². The Morgan fingerprint density at radius 2 is 1.95 bits per heavy atom. The van der Waals surface area contributed by atoms with E-state index in [9.17, 15) is 13.2 Å². The fourth-order valence-corrected chi connectivity index (χ4v) is 2.93. The molecule has 1 aromatic carbocycles. The van der Waals surface area contributed by atoms with Gasteiger partial charge in [-0.25, -0.2) is 8.42 Å². The van der Waals surface area contributed by atoms with Crippen molar-refractivity contribution in [2.45, 2.75) is 25.3 Å². The number of anilines is 2. The molecular formula is C13H20ClN3O3S. The van der Waals surface area contributed by atoms with E-state index in [0.717, 1.165) is 19.1 Å². The second-order valence-corrected chi connectivity index (χ2v) is 6.96. The van der Waals surface area contributed by atoms with Crippen LogP contribution in [-0.2, 0) is 14.8 Å². The van der Waals surface area contributed by atoms with Crippen molar-refractivity contribution in [3.63, 3.8) is 0 Å². The highest BCUT2D eigenvalue weighted by Crippen LogP contribution is 2.26. The summed E-state index contributed by atoms with van der Waals surface area (Å²) < 4.78 is 24.7. The molecule has 1 fully saturated rings. The lowest BCUT2D eigenvalue weighted by molar-refractivity contribution is -0.119. The molecule has 0 aliphatic heterocycles. The Balaban J connectivity index is 0.00000220. The van der Waals surface area contributed by atoms with Gasteiger partial charge in [-0.05, 0) is 37.5 Å². The highest BCUT2D eigenvalue weighted by Gasteiger charge is 2.27. The zero-order valence-corrected chi connectivity index (χ0v) is 13.3. The lowest BCUT2D eigenvalue weighted by Crippen LogP contribution is -2.23. The van der Waals surface area contributed by atoms with Gasteiger partial charge in [-0.15, -0.1) is 12.4 Å². The largest absolute Gasteiger partial charge is 0.328 e. The standard InChI is InChI=1S/C13H19N3O3S.ClH/c1-20(18,19)16-12-4-2-3-11(8-12)15-13(17)9-5-6-10(14)7-9;/h2-4,8-10,16H,5-7,14H2,1H3,(H,15,17);1H. The first-order valence-corrected chi connectivity index (χ1v) is 8.37. The van der Waals surface area contributed by atoms with Gasteiger partial charge in [0.25, 0.3) is 0 Å². The number of nitrogens with two attached hydrogens (primary N) is 1. The summed E-state index contributed by atoms with van der Waals surface area (Å²) in [6.45, 7) is 0. The average Bonchev–Trinajstić information content (AvgIpc) is 2.74. The molecule has 2 rings (SSSR count). The van der Waals surface area contributed by atoms with Gasteiger partial charge in [0.15, 0.2) is 0 Å². The summed E-state index contributed by atoms with van der Waals surface area (Å²) in [6, 6.07) is 6.73. The van der Waals surface area contributed by atoms with Crippen molar-refractivity contribution in [1.82, 2.24) is 0 Å². The number of amides is 1. The highest BCUT2D eigenvalue weighted by molar-refractivity contribution is 7.92. The minimum absolute atomic E-state index is 0. The number of benzene rings is 1. The van der Waals surface area contributed by atoms with Gasteiger partial charge in [-0.1, -0.05) is 6.07 Å². The molecular weight excluding hydrogens is 314 g/mol. The smallest absolute Gasteiger partial charge is 0.229 e. The Morgan fingerprint density at radius 3 is 2.52 bits per heavy atom. The zero-order valence-electron chi connectivity index (χ0n) is 11.7. The molecule has 4 N–H and O–H groups in total. The first kappa shape index (κ1) is 17.7. The van der Waals surface area contributed by atoms with Crippen LogP contribution in [0.1, 0.15) is 19.3 Å². The van der Waals surface area contributed by atoms with Gasteiger partial charge in [0.05, 0.1) is 11.9 Å². The summed E-state index contributed by atoms with van der Waals surface area (Å²) in [5.74, 6) is -0.119. The van der Waals surface area contributed by atoms with Crippen LogP contribution in [0.4, 0.5) is 11.4 Å². The maximum Gasteiger partial charge on any atom is 0.229 e. The average molecular weight is 334 g/mol. The first-order valence-electron chi connectivity index (χ1n) is 6.48. The third-order valence-corrected chi connectivity index (χ3v) is 3.88. The summed E-state index contributed by atoms with van der Waals surface area (Å²) in [7, 11) is -3.32. The Morgan fingerprint density at radius 1 is 1.29 bits per heavy atom. The van der Waals surface area contributed by atoms with Gasteiger partial charge < -0.3 is 11.1 Å². The van der Waals surface area contributed by atoms with Crippen LogP contribution in [0.2, 0.25) is 0 Å². The topological polar surface area (TPSA) is 101 Å². The van der Waals surface area contributed by atoms with Crippen molar-refractivity contribution < 1.29 is 13.2 Å². The number of halogens is 1. The fraction of sp³-hybridized carbons (Fsp3) is 0.462. The minimum Gasteiger partial charge on any atom is -0.328 e. The van der Waals surface area contributed by atoms with Gasteiger partial charge in [-0.3, -0.25) is 9.52 Å². The molecule has 6 nitrogen and oxygen atoms in total. The van der Waals surface area contributed by atoms with E-state index in [-0.39, 0.29) is 30.3 Å². The SMILES string of the molecule is CS(=O)(=O)Nc1cccc(NC(=O)C2CCC(N)C2)c1.Cl. The second kappa shape index (κ2) is 7.11. The zero-order chi connectivity index (χ0) is 14.8. The molecule has 0 bridgehead atoms. The normalized spacial score (nSPS) is 21.4. The molecule has 2 atom stereocenters. The molecule has 2 unspecified atom stereocenters. The van der Waals surface area contributed by atoms with Crippen molar-refractivity contribution in [3.8, 4) is 0 Å². The Hall–Kier alpha value is -1.31. The van der Waals surface area contributed by atoms with E-state index in [1.807, 2.05) is 0 Å². The number of hydrogen-bond acceptors (Lipinski definition) is 4. The molecule has 1 amide bonds.